The summed E-state index contributed by atoms with van der Waals surface area (Å²) in [6, 6.07) is 59.9. The Kier molecular flexibility index (Phi) is 10.8. The largest absolute Gasteiger partial charge is 0.387 e. The van der Waals surface area contributed by atoms with Crippen molar-refractivity contribution in [1.82, 2.24) is 19.5 Å². The molecule has 9 nitrogen and oxygen atoms in total. The van der Waals surface area contributed by atoms with E-state index in [9.17, 15) is 5.11 Å². The van der Waals surface area contributed by atoms with Gasteiger partial charge < -0.3 is 24.2 Å². The van der Waals surface area contributed by atoms with E-state index in [0.717, 1.165) is 33.4 Å². The first-order valence-corrected chi connectivity index (χ1v) is 20.0. The van der Waals surface area contributed by atoms with E-state index >= 15 is 4.39 Å². The molecule has 0 radical (unpaired) electrons. The summed E-state index contributed by atoms with van der Waals surface area (Å²) in [6.45, 7) is -0.0653. The van der Waals surface area contributed by atoms with Crippen LogP contribution >= 0.6 is 0 Å². The quantitative estimate of drug-likeness (QED) is 0.0916. The predicted octanol–water partition coefficient (Wildman–Crippen LogP) is 8.68. The van der Waals surface area contributed by atoms with E-state index in [1.54, 1.807) is 29.9 Å². The molecule has 0 unspecified atom stereocenters. The van der Waals surface area contributed by atoms with Gasteiger partial charge in [-0.1, -0.05) is 182 Å². The van der Waals surface area contributed by atoms with Crippen LogP contribution in [0.1, 0.15) is 39.6 Å². The third-order valence-electron chi connectivity index (χ3n) is 11.2. The van der Waals surface area contributed by atoms with E-state index in [1.807, 2.05) is 182 Å². The summed E-state index contributed by atoms with van der Waals surface area (Å²) in [5.74, 6) is 0.303. The van der Waals surface area contributed by atoms with Crippen LogP contribution in [0.4, 0.5) is 10.2 Å². The highest BCUT2D eigenvalue weighted by Gasteiger charge is 2.52. The summed E-state index contributed by atoms with van der Waals surface area (Å²) < 4.78 is 38.7. The van der Waals surface area contributed by atoms with E-state index in [1.165, 1.54) is 0 Å². The fourth-order valence-electron chi connectivity index (χ4n) is 8.48. The van der Waals surface area contributed by atoms with Crippen molar-refractivity contribution in [3.05, 3.63) is 228 Å². The summed E-state index contributed by atoms with van der Waals surface area (Å²) in [5, 5.41) is 12.8. The minimum absolute atomic E-state index is 0.0653. The number of rotatable bonds is 13. The minimum Gasteiger partial charge on any atom is -0.387 e. The Bertz CT molecular complexity index is 2440. The first kappa shape index (κ1) is 38.9. The minimum atomic E-state index is -1.28. The maximum atomic E-state index is 15.3. The van der Waals surface area contributed by atoms with Gasteiger partial charge in [0.05, 0.1) is 12.9 Å². The maximum Gasteiger partial charge on any atom is 0.312 e. The van der Waals surface area contributed by atoms with Crippen LogP contribution < -0.4 is 4.90 Å². The van der Waals surface area contributed by atoms with Gasteiger partial charge in [-0.05, 0) is 33.4 Å². The van der Waals surface area contributed by atoms with Gasteiger partial charge in [-0.15, -0.1) is 0 Å². The fourth-order valence-corrected chi connectivity index (χ4v) is 8.48. The molecule has 1 aliphatic rings. The Balaban J connectivity index is 1.21. The van der Waals surface area contributed by atoms with Crippen molar-refractivity contribution in [2.24, 2.45) is 0 Å². The second-order valence-corrected chi connectivity index (χ2v) is 15.0. The van der Waals surface area contributed by atoms with Gasteiger partial charge in [-0.3, -0.25) is 4.57 Å². The molecule has 8 aromatic rings. The summed E-state index contributed by atoms with van der Waals surface area (Å²) in [4.78, 5) is 14.6. The van der Waals surface area contributed by atoms with E-state index in [0.29, 0.717) is 11.3 Å². The lowest BCUT2D eigenvalue weighted by Crippen LogP contribution is -2.45. The van der Waals surface area contributed by atoms with Crippen LogP contribution in [0.3, 0.4) is 0 Å². The average Bonchev–Trinajstić information content (AvgIpc) is 3.86. The number of nitrogens with zero attached hydrogens (tertiary/aromatic N) is 5. The highest BCUT2D eigenvalue weighted by atomic mass is 19.1. The smallest absolute Gasteiger partial charge is 0.312 e. The normalized spacial score (nSPS) is 18.1. The Labute approximate surface area is 348 Å². The Morgan fingerprint density at radius 1 is 0.617 bits per heavy atom. The van der Waals surface area contributed by atoms with Crippen molar-refractivity contribution in [1.29, 1.82) is 0 Å². The Morgan fingerprint density at radius 3 is 1.42 bits per heavy atom. The molecule has 6 aromatic carbocycles. The van der Waals surface area contributed by atoms with Gasteiger partial charge in [-0.25, -0.2) is 4.98 Å². The van der Waals surface area contributed by atoms with Gasteiger partial charge in [0, 0.05) is 14.1 Å². The fraction of sp³-hybridized carbons (Fsp3) is 0.180. The highest BCUT2D eigenvalue weighted by molar-refractivity contribution is 5.83. The lowest BCUT2D eigenvalue weighted by molar-refractivity contribution is -0.123. The van der Waals surface area contributed by atoms with Crippen LogP contribution in [0.25, 0.3) is 11.2 Å². The monoisotopic (exact) mass is 797 g/mol. The van der Waals surface area contributed by atoms with Gasteiger partial charge in [0.2, 0.25) is 0 Å². The number of aromatic nitrogens is 4. The van der Waals surface area contributed by atoms with Gasteiger partial charge in [0.1, 0.15) is 29.5 Å². The summed E-state index contributed by atoms with van der Waals surface area (Å²) in [7, 11) is 3.53. The zero-order valence-electron chi connectivity index (χ0n) is 33.2. The molecule has 2 aromatic heterocycles. The van der Waals surface area contributed by atoms with Crippen molar-refractivity contribution in [2.45, 2.75) is 35.7 Å². The topological polar surface area (TPSA) is 94.8 Å². The number of ether oxygens (including phenoxy) is 3. The average molecular weight is 798 g/mol. The number of imidazole rings is 1. The molecule has 1 saturated heterocycles. The van der Waals surface area contributed by atoms with E-state index in [-0.39, 0.29) is 12.3 Å². The van der Waals surface area contributed by atoms with Crippen LogP contribution in [0.15, 0.2) is 188 Å². The zero-order chi connectivity index (χ0) is 41.1. The molecule has 60 heavy (non-hydrogen) atoms. The van der Waals surface area contributed by atoms with Gasteiger partial charge in [0.15, 0.2) is 23.2 Å². The molecule has 4 atom stereocenters. The van der Waals surface area contributed by atoms with E-state index in [4.69, 9.17) is 14.2 Å². The number of aliphatic hydroxyl groups is 1. The lowest BCUT2D eigenvalue weighted by Gasteiger charge is -2.40. The molecular weight excluding hydrogens is 754 g/mol. The number of anilines is 1. The molecule has 9 rings (SSSR count). The number of hydrogen-bond donors (Lipinski definition) is 1. The van der Waals surface area contributed by atoms with Crippen molar-refractivity contribution >= 4 is 17.0 Å². The highest BCUT2D eigenvalue weighted by Crippen LogP contribution is 2.47. The Morgan fingerprint density at radius 2 is 1.02 bits per heavy atom. The van der Waals surface area contributed by atoms with Gasteiger partial charge in [-0.2, -0.15) is 14.4 Å². The van der Waals surface area contributed by atoms with Crippen LogP contribution in [0.2, 0.25) is 0 Å². The molecule has 0 aliphatic carbocycles. The molecule has 300 valence electrons. The number of halogens is 1. The summed E-state index contributed by atoms with van der Waals surface area (Å²) >= 11 is 0. The molecule has 10 heteroatoms. The Hall–Kier alpha value is -6.56. The number of benzene rings is 6. The second kappa shape index (κ2) is 16.6. The summed E-state index contributed by atoms with van der Waals surface area (Å²) in [6.07, 6.45) is -3.75. The number of aliphatic hydroxyl groups excluding tert-OH is 1. The lowest BCUT2D eigenvalue weighted by atomic mass is 9.79. The van der Waals surface area contributed by atoms with Crippen LogP contribution in [-0.4, -0.2) is 63.6 Å². The molecular formula is C50H44FN5O4. The van der Waals surface area contributed by atoms with Crippen LogP contribution in [0.5, 0.6) is 0 Å². The zero-order valence-corrected chi connectivity index (χ0v) is 33.2. The SMILES string of the molecule is CN(C)c1nc(F)nc2c1ncn2[C@@H]1O[C@H](COC(c2ccccc2)(c2ccccc2)c2ccccc2)[C@@H](O)[C@H]1OC(c1ccccc1)(c1ccccc1)c1ccccc1. The molecule has 0 bridgehead atoms. The molecule has 1 N–H and O–H groups in total. The summed E-state index contributed by atoms with van der Waals surface area (Å²) in [5.41, 5.74) is 3.43. The first-order chi connectivity index (χ1) is 29.4. The van der Waals surface area contributed by atoms with Crippen LogP contribution in [0, 0.1) is 6.08 Å². The van der Waals surface area contributed by atoms with Crippen molar-refractivity contribution in [3.8, 4) is 0 Å². The second-order valence-electron chi connectivity index (χ2n) is 15.0. The molecule has 3 heterocycles. The predicted molar refractivity (Wildman–Crippen MR) is 229 cm³/mol. The molecule has 1 fully saturated rings. The van der Waals surface area contributed by atoms with Gasteiger partial charge >= 0.3 is 6.08 Å². The van der Waals surface area contributed by atoms with Crippen LogP contribution in [-0.2, 0) is 25.4 Å². The third kappa shape index (κ3) is 6.93. The molecule has 0 spiro atoms. The third-order valence-corrected chi connectivity index (χ3v) is 11.2. The van der Waals surface area contributed by atoms with Crippen molar-refractivity contribution in [3.63, 3.8) is 0 Å². The van der Waals surface area contributed by atoms with Crippen molar-refractivity contribution in [2.75, 3.05) is 25.6 Å². The van der Waals surface area contributed by atoms with Gasteiger partial charge in [0.25, 0.3) is 0 Å². The van der Waals surface area contributed by atoms with Crippen molar-refractivity contribution < 1.29 is 23.7 Å². The molecule has 1 aliphatic heterocycles. The molecule has 0 amide bonds. The first-order valence-electron chi connectivity index (χ1n) is 20.0. The van der Waals surface area contributed by atoms with E-state index in [2.05, 4.69) is 15.0 Å². The number of fused-ring (bicyclic) bond motifs is 1. The molecule has 0 saturated carbocycles. The van der Waals surface area contributed by atoms with E-state index < -0.39 is 41.8 Å². The number of hydrogen-bond acceptors (Lipinski definition) is 8. The standard InChI is InChI=1S/C50H44FN5O4/c1-55(2)45-42-46(54-48(51)53-45)56(34-52-42)47-44(60-50(38-27-15-6-16-28-38,39-29-17-7-18-30-39)40-31-19-8-20-32-40)43(57)41(59-47)33-58-49(35-21-9-3-10-22-35,36-23-11-4-12-24-36)37-25-13-5-14-26-37/h3-32,34,41,43-44,47,57H,33H2,1-2H3/t41-,43-,44-,47-/m1/s1. The maximum absolute atomic E-state index is 15.3.